The minimum atomic E-state index is -0.722. The highest BCUT2D eigenvalue weighted by atomic mass is 16.5. The number of carbonyl (C=O) groups excluding carboxylic acids is 2. The fraction of sp³-hybridized carbons (Fsp3) is 0.190. The van der Waals surface area contributed by atoms with Crippen LogP contribution in [0.1, 0.15) is 34.1 Å². The molecule has 3 N–H and O–H groups in total. The number of carbonyl (C=O) groups is 2. The molecule has 3 aromatic rings. The molecular formula is C21H21N3O5. The molecule has 0 saturated carbocycles. The molecule has 0 atom stereocenters. The van der Waals surface area contributed by atoms with Crippen LogP contribution in [0.3, 0.4) is 0 Å². The molecule has 0 aliphatic heterocycles. The van der Waals surface area contributed by atoms with Gasteiger partial charge >= 0.3 is 0 Å². The predicted octanol–water partition coefficient (Wildman–Crippen LogP) is 2.40. The molecule has 8 heteroatoms. The summed E-state index contributed by atoms with van der Waals surface area (Å²) in [5.74, 6) is -0.350. The van der Waals surface area contributed by atoms with E-state index in [0.29, 0.717) is 29.0 Å². The fourth-order valence-corrected chi connectivity index (χ4v) is 2.73. The molecule has 0 saturated heterocycles. The molecule has 0 unspecified atom stereocenters. The molecule has 2 amide bonds. The van der Waals surface area contributed by atoms with Crippen LogP contribution in [-0.4, -0.2) is 30.5 Å². The highest BCUT2D eigenvalue weighted by molar-refractivity contribution is 6.00. The van der Waals surface area contributed by atoms with Gasteiger partial charge in [0.25, 0.3) is 11.8 Å². The molecule has 0 fully saturated rings. The Hall–Kier alpha value is -3.81. The number of para-hydroxylation sites is 1. The van der Waals surface area contributed by atoms with Crippen LogP contribution in [0.4, 0.5) is 0 Å². The summed E-state index contributed by atoms with van der Waals surface area (Å²) in [6.45, 7) is 2.51. The van der Waals surface area contributed by atoms with Crippen LogP contribution in [-0.2, 0) is 0 Å². The van der Waals surface area contributed by atoms with E-state index < -0.39 is 17.2 Å². The first-order valence-corrected chi connectivity index (χ1v) is 9.07. The minimum absolute atomic E-state index is 0.107. The van der Waals surface area contributed by atoms with Crippen molar-refractivity contribution in [3.8, 4) is 11.5 Å². The van der Waals surface area contributed by atoms with Gasteiger partial charge in [-0.25, -0.2) is 0 Å². The van der Waals surface area contributed by atoms with Gasteiger partial charge in [0.05, 0.1) is 13.7 Å². The number of ether oxygens (including phenoxy) is 2. The van der Waals surface area contributed by atoms with Crippen molar-refractivity contribution in [3.63, 3.8) is 0 Å². The van der Waals surface area contributed by atoms with E-state index in [1.807, 2.05) is 6.92 Å². The third-order valence-electron chi connectivity index (χ3n) is 4.21. The number of hydrogen-bond acceptors (Lipinski definition) is 5. The van der Waals surface area contributed by atoms with Crippen molar-refractivity contribution in [2.45, 2.75) is 13.3 Å². The zero-order valence-corrected chi connectivity index (χ0v) is 16.1. The summed E-state index contributed by atoms with van der Waals surface area (Å²) in [7, 11) is 1.48. The van der Waals surface area contributed by atoms with E-state index in [9.17, 15) is 14.4 Å². The molecule has 0 bridgehead atoms. The first-order valence-electron chi connectivity index (χ1n) is 9.07. The van der Waals surface area contributed by atoms with E-state index >= 15 is 0 Å². The quantitative estimate of drug-likeness (QED) is 0.555. The van der Waals surface area contributed by atoms with E-state index in [1.165, 1.54) is 19.4 Å². The van der Waals surface area contributed by atoms with Gasteiger partial charge in [-0.05, 0) is 36.8 Å². The van der Waals surface area contributed by atoms with Gasteiger partial charge in [-0.3, -0.25) is 25.2 Å². The van der Waals surface area contributed by atoms with E-state index in [0.717, 1.165) is 6.42 Å². The maximum atomic E-state index is 12.5. The highest BCUT2D eigenvalue weighted by Gasteiger charge is 2.15. The molecule has 0 aliphatic carbocycles. The molecule has 3 rings (SSSR count). The monoisotopic (exact) mass is 395 g/mol. The van der Waals surface area contributed by atoms with Crippen LogP contribution in [0.15, 0.2) is 53.5 Å². The van der Waals surface area contributed by atoms with Gasteiger partial charge in [0.1, 0.15) is 5.56 Å². The molecule has 8 nitrogen and oxygen atoms in total. The average molecular weight is 395 g/mol. The number of hydrogen-bond donors (Lipinski definition) is 3. The highest BCUT2D eigenvalue weighted by Crippen LogP contribution is 2.28. The van der Waals surface area contributed by atoms with E-state index in [4.69, 9.17) is 9.47 Å². The number of fused-ring (bicyclic) bond motifs is 1. The largest absolute Gasteiger partial charge is 0.493 e. The van der Waals surface area contributed by atoms with E-state index in [1.54, 1.807) is 36.4 Å². The molecule has 2 aromatic carbocycles. The summed E-state index contributed by atoms with van der Waals surface area (Å²) < 4.78 is 10.8. The maximum absolute atomic E-state index is 12.5. The number of H-pyrrole nitrogens is 1. The Kier molecular flexibility index (Phi) is 6.13. The molecule has 0 aliphatic rings. The lowest BCUT2D eigenvalue weighted by atomic mass is 10.1. The second-order valence-electron chi connectivity index (χ2n) is 6.20. The van der Waals surface area contributed by atoms with Crippen LogP contribution >= 0.6 is 0 Å². The maximum Gasteiger partial charge on any atom is 0.275 e. The standard InChI is InChI=1S/C21H21N3O5/c1-3-10-29-17-9-8-13(11-18(17)28-2)20(26)23-24-21(27)15-12-22-16-7-5-4-6-14(16)19(15)25/h4-9,11-12H,3,10H2,1-2H3,(H,22,25)(H,23,26)(H,24,27). The Labute approximate surface area is 166 Å². The molecule has 1 heterocycles. The number of aromatic nitrogens is 1. The molecule has 29 heavy (non-hydrogen) atoms. The predicted molar refractivity (Wildman–Crippen MR) is 108 cm³/mol. The fourth-order valence-electron chi connectivity index (χ4n) is 2.73. The average Bonchev–Trinajstić information content (AvgIpc) is 2.76. The van der Waals surface area contributed by atoms with Gasteiger partial charge in [-0.1, -0.05) is 19.1 Å². The smallest absolute Gasteiger partial charge is 0.275 e. The lowest BCUT2D eigenvalue weighted by Crippen LogP contribution is -2.43. The van der Waals surface area contributed by atoms with Crippen molar-refractivity contribution >= 4 is 22.7 Å². The number of rotatable bonds is 6. The second kappa shape index (κ2) is 8.92. The summed E-state index contributed by atoms with van der Waals surface area (Å²) in [5.41, 5.74) is 4.91. The molecule has 0 radical (unpaired) electrons. The number of pyridine rings is 1. The van der Waals surface area contributed by atoms with Gasteiger partial charge in [0.2, 0.25) is 5.43 Å². The van der Waals surface area contributed by atoms with Crippen molar-refractivity contribution in [1.82, 2.24) is 15.8 Å². The van der Waals surface area contributed by atoms with E-state index in [-0.39, 0.29) is 11.1 Å². The number of aromatic amines is 1. The number of methoxy groups -OCH3 is 1. The number of hydrazine groups is 1. The van der Waals surface area contributed by atoms with Gasteiger partial charge in [-0.2, -0.15) is 0 Å². The lowest BCUT2D eigenvalue weighted by Gasteiger charge is -2.12. The van der Waals surface area contributed by atoms with Crippen molar-refractivity contribution in [3.05, 3.63) is 70.0 Å². The van der Waals surface area contributed by atoms with Crippen LogP contribution in [0.5, 0.6) is 11.5 Å². The lowest BCUT2D eigenvalue weighted by molar-refractivity contribution is 0.0846. The zero-order chi connectivity index (χ0) is 20.8. The second-order valence-corrected chi connectivity index (χ2v) is 6.20. The van der Waals surface area contributed by atoms with Crippen molar-refractivity contribution < 1.29 is 19.1 Å². The van der Waals surface area contributed by atoms with Crippen molar-refractivity contribution in [2.75, 3.05) is 13.7 Å². The Bertz CT molecular complexity index is 1110. The summed E-state index contributed by atoms with van der Waals surface area (Å²) in [4.78, 5) is 40.1. The first-order chi connectivity index (χ1) is 14.0. The Morgan fingerprint density at radius 3 is 2.55 bits per heavy atom. The SMILES string of the molecule is CCCOc1ccc(C(=O)NNC(=O)c2c[nH]c3ccccc3c2=O)cc1OC. The van der Waals surface area contributed by atoms with Crippen LogP contribution in [0, 0.1) is 0 Å². The molecule has 1 aromatic heterocycles. The normalized spacial score (nSPS) is 10.4. The molecular weight excluding hydrogens is 374 g/mol. The Morgan fingerprint density at radius 1 is 1.03 bits per heavy atom. The van der Waals surface area contributed by atoms with Crippen LogP contribution < -0.4 is 25.8 Å². The van der Waals surface area contributed by atoms with Crippen LogP contribution in [0.2, 0.25) is 0 Å². The van der Waals surface area contributed by atoms with Gasteiger partial charge in [-0.15, -0.1) is 0 Å². The topological polar surface area (TPSA) is 110 Å². The number of nitrogens with one attached hydrogen (secondary N) is 3. The summed E-state index contributed by atoms with van der Waals surface area (Å²) in [6.07, 6.45) is 2.15. The van der Waals surface area contributed by atoms with Crippen molar-refractivity contribution in [1.29, 1.82) is 0 Å². The van der Waals surface area contributed by atoms with Crippen molar-refractivity contribution in [2.24, 2.45) is 0 Å². The zero-order valence-electron chi connectivity index (χ0n) is 16.1. The third kappa shape index (κ3) is 4.37. The van der Waals surface area contributed by atoms with E-state index in [2.05, 4.69) is 15.8 Å². The van der Waals surface area contributed by atoms with Crippen LogP contribution in [0.25, 0.3) is 10.9 Å². The molecule has 150 valence electrons. The number of benzene rings is 2. The summed E-state index contributed by atoms with van der Waals surface area (Å²) in [5, 5.41) is 0.388. The number of amides is 2. The molecule has 0 spiro atoms. The third-order valence-corrected chi connectivity index (χ3v) is 4.21. The van der Waals surface area contributed by atoms with Gasteiger partial charge in [0, 0.05) is 22.7 Å². The summed E-state index contributed by atoms with van der Waals surface area (Å²) >= 11 is 0. The van der Waals surface area contributed by atoms with Gasteiger partial charge < -0.3 is 14.5 Å². The van der Waals surface area contributed by atoms with Gasteiger partial charge in [0.15, 0.2) is 11.5 Å². The summed E-state index contributed by atoms with van der Waals surface area (Å²) in [6, 6.07) is 11.5. The Balaban J connectivity index is 1.71. The Morgan fingerprint density at radius 2 is 1.79 bits per heavy atom. The first kappa shape index (κ1) is 19.9. The minimum Gasteiger partial charge on any atom is -0.493 e.